The number of epoxide rings is 1. The summed E-state index contributed by atoms with van der Waals surface area (Å²) in [4.78, 5) is 0. The Morgan fingerprint density at radius 3 is 1.81 bits per heavy atom. The van der Waals surface area contributed by atoms with Crippen molar-refractivity contribution < 1.29 is 9.16 Å². The first-order chi connectivity index (χ1) is 11.5. The Hall–Kier alpha value is 0.0938. The number of hydrogen-bond acceptors (Lipinski definition) is 2. The molecule has 0 unspecified atom stereocenters. The van der Waals surface area contributed by atoms with Crippen LogP contribution in [0.1, 0.15) is 76.2 Å². The normalized spacial score (nSPS) is 25.5. The van der Waals surface area contributed by atoms with Crippen molar-refractivity contribution in [2.45, 2.75) is 123 Å². The zero-order valence-electron chi connectivity index (χ0n) is 19.9. The first-order valence-corrected chi connectivity index (χ1v) is 15.8. The second-order valence-electron chi connectivity index (χ2n) is 11.1. The third-order valence-corrected chi connectivity index (χ3v) is 19.0. The van der Waals surface area contributed by atoms with E-state index in [2.05, 4.69) is 95.0 Å². The van der Waals surface area contributed by atoms with Crippen molar-refractivity contribution in [3.8, 4) is 0 Å². The lowest BCUT2D eigenvalue weighted by Crippen LogP contribution is -2.44. The number of hydrogen-bond donors (Lipinski definition) is 0. The molecule has 0 saturated carbocycles. The van der Waals surface area contributed by atoms with E-state index in [1.807, 2.05) is 0 Å². The Morgan fingerprint density at radius 1 is 1.04 bits per heavy atom. The molecule has 1 saturated heterocycles. The summed E-state index contributed by atoms with van der Waals surface area (Å²) in [5.74, 6) is 0. The average Bonchev–Trinajstić information content (AvgIpc) is 3.12. The van der Waals surface area contributed by atoms with Crippen molar-refractivity contribution >= 4 is 16.4 Å². The topological polar surface area (TPSA) is 21.8 Å². The van der Waals surface area contributed by atoms with Crippen molar-refractivity contribution in [1.82, 2.24) is 0 Å². The quantitative estimate of drug-likeness (QED) is 0.315. The van der Waals surface area contributed by atoms with Crippen LogP contribution in [-0.4, -0.2) is 34.7 Å². The van der Waals surface area contributed by atoms with Crippen LogP contribution in [0.5, 0.6) is 0 Å². The molecular formula is C22H46O2Si2. The van der Waals surface area contributed by atoms with Crippen LogP contribution in [0, 0.1) is 0 Å². The first kappa shape index (κ1) is 24.1. The summed E-state index contributed by atoms with van der Waals surface area (Å²) in [6, 6.07) is 0. The van der Waals surface area contributed by atoms with Gasteiger partial charge in [0.25, 0.3) is 0 Å². The predicted molar refractivity (Wildman–Crippen MR) is 121 cm³/mol. The lowest BCUT2D eigenvalue weighted by Gasteiger charge is -2.41. The van der Waals surface area contributed by atoms with Gasteiger partial charge in [-0.05, 0) is 54.2 Å². The van der Waals surface area contributed by atoms with Gasteiger partial charge in [-0.2, -0.15) is 0 Å². The molecule has 1 rings (SSSR count). The van der Waals surface area contributed by atoms with Crippen molar-refractivity contribution in [1.29, 1.82) is 0 Å². The van der Waals surface area contributed by atoms with Crippen molar-refractivity contribution in [2.75, 3.05) is 6.61 Å². The molecule has 0 bridgehead atoms. The minimum atomic E-state index is -1.72. The van der Waals surface area contributed by atoms with E-state index in [0.29, 0.717) is 0 Å². The summed E-state index contributed by atoms with van der Waals surface area (Å²) in [6.07, 6.45) is 0.214. The zero-order chi connectivity index (χ0) is 20.7. The fourth-order valence-electron chi connectivity index (χ4n) is 4.32. The highest BCUT2D eigenvalue weighted by molar-refractivity contribution is 6.88. The highest BCUT2D eigenvalue weighted by Crippen LogP contribution is 2.49. The van der Waals surface area contributed by atoms with Gasteiger partial charge >= 0.3 is 0 Å². The van der Waals surface area contributed by atoms with Crippen molar-refractivity contribution in [3.05, 3.63) is 11.3 Å². The summed E-state index contributed by atoms with van der Waals surface area (Å²) in [6.45, 7) is 31.4. The third-order valence-electron chi connectivity index (χ3n) is 7.60. The molecular weight excluding hydrogens is 352 g/mol. The van der Waals surface area contributed by atoms with E-state index in [-0.39, 0.29) is 16.7 Å². The highest BCUT2D eigenvalue weighted by atomic mass is 28.4. The average molecular weight is 399 g/mol. The van der Waals surface area contributed by atoms with Crippen LogP contribution in [0.3, 0.4) is 0 Å². The maximum absolute atomic E-state index is 6.43. The molecule has 0 N–H and O–H groups in total. The molecule has 0 aromatic carbocycles. The molecule has 0 aromatic heterocycles. The van der Waals surface area contributed by atoms with Crippen molar-refractivity contribution in [2.24, 2.45) is 0 Å². The van der Waals surface area contributed by atoms with Gasteiger partial charge in [0.05, 0.1) is 14.7 Å². The standard InChI is InChI=1S/C22H46O2Si2/c1-16(2)26(17(3)4,18(5)6)15-19(7)22(11)20(24-22)14-23-25(12,13)21(8,9)10/h15-18,20H,14H2,1-13H3/b19-15+/t20-,22+/m1/s1. The lowest BCUT2D eigenvalue weighted by molar-refractivity contribution is 0.239. The SMILES string of the molecule is C/C(=C\[Si](C(C)C)(C(C)C)C(C)C)[C@]1(C)O[C@@H]1CO[Si](C)(C)C(C)(C)C. The van der Waals surface area contributed by atoms with Gasteiger partial charge in [0.15, 0.2) is 8.32 Å². The molecule has 0 aromatic rings. The Bertz CT molecular complexity index is 493. The minimum absolute atomic E-state index is 0.126. The molecule has 1 aliphatic heterocycles. The summed E-state index contributed by atoms with van der Waals surface area (Å²) < 4.78 is 12.6. The molecule has 0 spiro atoms. The fourth-order valence-corrected chi connectivity index (χ4v) is 11.4. The van der Waals surface area contributed by atoms with E-state index < -0.39 is 16.4 Å². The van der Waals surface area contributed by atoms with E-state index >= 15 is 0 Å². The Morgan fingerprint density at radius 2 is 1.46 bits per heavy atom. The summed E-state index contributed by atoms with van der Waals surface area (Å²) >= 11 is 0. The summed E-state index contributed by atoms with van der Waals surface area (Å²) in [5, 5.41) is 0.248. The Kier molecular flexibility index (Phi) is 7.28. The smallest absolute Gasteiger partial charge is 0.192 e. The Labute approximate surface area is 166 Å². The molecule has 4 heteroatoms. The van der Waals surface area contributed by atoms with Crippen molar-refractivity contribution in [3.63, 3.8) is 0 Å². The largest absolute Gasteiger partial charge is 0.414 e. The van der Waals surface area contributed by atoms with Crippen LogP contribution in [-0.2, 0) is 9.16 Å². The first-order valence-electron chi connectivity index (χ1n) is 10.5. The van der Waals surface area contributed by atoms with Gasteiger partial charge in [0.2, 0.25) is 0 Å². The molecule has 26 heavy (non-hydrogen) atoms. The molecule has 1 aliphatic rings. The molecule has 0 radical (unpaired) electrons. The van der Waals surface area contributed by atoms with Crippen LogP contribution in [0.25, 0.3) is 0 Å². The van der Waals surface area contributed by atoms with Crippen LogP contribution >= 0.6 is 0 Å². The van der Waals surface area contributed by atoms with Crippen LogP contribution in [0.4, 0.5) is 0 Å². The molecule has 154 valence electrons. The molecule has 1 heterocycles. The van der Waals surface area contributed by atoms with E-state index in [1.54, 1.807) is 0 Å². The third kappa shape index (κ3) is 4.56. The van der Waals surface area contributed by atoms with Gasteiger partial charge in [-0.1, -0.05) is 68.0 Å². The van der Waals surface area contributed by atoms with Crippen LogP contribution in [0.2, 0.25) is 34.8 Å². The molecule has 0 amide bonds. The molecule has 2 nitrogen and oxygen atoms in total. The van der Waals surface area contributed by atoms with Gasteiger partial charge in [-0.3, -0.25) is 0 Å². The van der Waals surface area contributed by atoms with E-state index in [4.69, 9.17) is 9.16 Å². The van der Waals surface area contributed by atoms with E-state index in [9.17, 15) is 0 Å². The summed E-state index contributed by atoms with van der Waals surface area (Å²) in [7, 11) is -3.27. The van der Waals surface area contributed by atoms with Gasteiger partial charge in [0.1, 0.15) is 11.7 Å². The maximum atomic E-state index is 6.43. The van der Waals surface area contributed by atoms with Gasteiger partial charge < -0.3 is 9.16 Å². The lowest BCUT2D eigenvalue weighted by atomic mass is 10.0. The molecule has 1 fully saturated rings. The summed E-state index contributed by atoms with van der Waals surface area (Å²) in [5.41, 5.74) is 6.20. The predicted octanol–water partition coefficient (Wildman–Crippen LogP) is 7.33. The second-order valence-corrected chi connectivity index (χ2v) is 21.6. The highest BCUT2D eigenvalue weighted by Gasteiger charge is 2.55. The van der Waals surface area contributed by atoms with Gasteiger partial charge in [0, 0.05) is 0 Å². The Balaban J connectivity index is 2.97. The fraction of sp³-hybridized carbons (Fsp3) is 0.909. The van der Waals surface area contributed by atoms with Crippen LogP contribution < -0.4 is 0 Å². The zero-order valence-corrected chi connectivity index (χ0v) is 21.9. The number of ether oxygens (including phenoxy) is 1. The molecule has 0 aliphatic carbocycles. The van der Waals surface area contributed by atoms with Crippen LogP contribution in [0.15, 0.2) is 11.3 Å². The maximum Gasteiger partial charge on any atom is 0.192 e. The van der Waals surface area contributed by atoms with E-state index in [1.165, 1.54) is 5.57 Å². The van der Waals surface area contributed by atoms with E-state index in [0.717, 1.165) is 23.2 Å². The number of rotatable bonds is 8. The van der Waals surface area contributed by atoms with Gasteiger partial charge in [-0.15, -0.1) is 0 Å². The molecule has 2 atom stereocenters. The second kappa shape index (κ2) is 7.84. The monoisotopic (exact) mass is 398 g/mol. The minimum Gasteiger partial charge on any atom is -0.414 e. The van der Waals surface area contributed by atoms with Gasteiger partial charge in [-0.25, -0.2) is 0 Å².